The fourth-order valence-electron chi connectivity index (χ4n) is 3.88. The second kappa shape index (κ2) is 6.82. The van der Waals surface area contributed by atoms with Crippen molar-refractivity contribution in [3.05, 3.63) is 75.1 Å². The van der Waals surface area contributed by atoms with Gasteiger partial charge in [-0.25, -0.2) is 9.37 Å². The summed E-state index contributed by atoms with van der Waals surface area (Å²) in [5.74, 6) is -0.663. The predicted molar refractivity (Wildman–Crippen MR) is 106 cm³/mol. The van der Waals surface area contributed by atoms with Crippen molar-refractivity contribution in [3.8, 4) is 6.07 Å². The van der Waals surface area contributed by atoms with E-state index in [2.05, 4.69) is 15.3 Å². The van der Waals surface area contributed by atoms with Gasteiger partial charge in [-0.05, 0) is 62.6 Å². The number of hydrogen-bond acceptors (Lipinski definition) is 4. The third kappa shape index (κ3) is 3.17. The number of fused-ring (bicyclic) bond motifs is 1. The van der Waals surface area contributed by atoms with Crippen LogP contribution in [0.5, 0.6) is 0 Å². The van der Waals surface area contributed by atoms with Crippen LogP contribution in [-0.2, 0) is 10.2 Å². The number of nitrogens with one attached hydrogen (secondary N) is 2. The van der Waals surface area contributed by atoms with Gasteiger partial charge < -0.3 is 10.3 Å². The van der Waals surface area contributed by atoms with E-state index in [0.29, 0.717) is 40.6 Å². The lowest BCUT2D eigenvalue weighted by Gasteiger charge is -2.21. The summed E-state index contributed by atoms with van der Waals surface area (Å²) in [5, 5.41) is 12.5. The van der Waals surface area contributed by atoms with Crippen molar-refractivity contribution in [2.24, 2.45) is 0 Å². The number of halogens is 1. The van der Waals surface area contributed by atoms with E-state index in [1.807, 2.05) is 6.07 Å². The number of amides is 1. The van der Waals surface area contributed by atoms with Crippen molar-refractivity contribution < 1.29 is 9.18 Å². The van der Waals surface area contributed by atoms with Crippen molar-refractivity contribution in [1.82, 2.24) is 15.3 Å². The number of nitriles is 1. The standard InChI is InChI=1S/C22H19FN4O2/c1-12-16-10-14(23)6-7-18(16)27-20(28)19(12)22(8-9-22)21(29)25-13(2)17-5-3-4-15(11-24)26-17/h3-7,10,13H,8-9H2,1-2H3,(H,25,29)(H,27,28). The molecule has 2 heterocycles. The molecule has 0 spiro atoms. The van der Waals surface area contributed by atoms with Gasteiger partial charge in [0.15, 0.2) is 0 Å². The minimum Gasteiger partial charge on any atom is -0.347 e. The Balaban J connectivity index is 1.69. The number of carbonyl (C=O) groups is 1. The molecule has 0 saturated heterocycles. The highest BCUT2D eigenvalue weighted by atomic mass is 19.1. The first-order chi connectivity index (χ1) is 13.9. The minimum absolute atomic E-state index is 0.265. The molecular formula is C22H19FN4O2. The Morgan fingerprint density at radius 1 is 1.34 bits per heavy atom. The van der Waals surface area contributed by atoms with Gasteiger partial charge in [0, 0.05) is 16.5 Å². The van der Waals surface area contributed by atoms with Crippen LogP contribution in [0, 0.1) is 24.1 Å². The maximum absolute atomic E-state index is 13.7. The average molecular weight is 390 g/mol. The molecule has 0 radical (unpaired) electrons. The van der Waals surface area contributed by atoms with Gasteiger partial charge in [0.1, 0.15) is 17.6 Å². The van der Waals surface area contributed by atoms with Crippen molar-refractivity contribution in [3.63, 3.8) is 0 Å². The molecule has 2 N–H and O–H groups in total. The summed E-state index contributed by atoms with van der Waals surface area (Å²) in [4.78, 5) is 32.9. The first-order valence-corrected chi connectivity index (χ1v) is 9.36. The molecule has 3 aromatic rings. The normalized spacial score (nSPS) is 15.5. The summed E-state index contributed by atoms with van der Waals surface area (Å²) in [6.45, 7) is 3.53. The molecule has 1 amide bonds. The van der Waals surface area contributed by atoms with E-state index in [4.69, 9.17) is 5.26 Å². The van der Waals surface area contributed by atoms with E-state index >= 15 is 0 Å². The number of rotatable bonds is 4. The van der Waals surface area contributed by atoms with E-state index in [0.717, 1.165) is 0 Å². The Labute approximate surface area is 166 Å². The van der Waals surface area contributed by atoms with Crippen LogP contribution < -0.4 is 10.9 Å². The topological polar surface area (TPSA) is 98.6 Å². The van der Waals surface area contributed by atoms with Gasteiger partial charge in [0.25, 0.3) is 5.56 Å². The van der Waals surface area contributed by atoms with E-state index in [9.17, 15) is 14.0 Å². The van der Waals surface area contributed by atoms with Gasteiger partial charge in [-0.2, -0.15) is 5.26 Å². The minimum atomic E-state index is -0.931. The molecule has 1 atom stereocenters. The lowest BCUT2D eigenvalue weighted by Crippen LogP contribution is -2.40. The van der Waals surface area contributed by atoms with Crippen LogP contribution >= 0.6 is 0 Å². The molecule has 1 unspecified atom stereocenters. The number of pyridine rings is 2. The molecule has 146 valence electrons. The molecule has 0 aliphatic heterocycles. The Morgan fingerprint density at radius 2 is 2.10 bits per heavy atom. The number of benzene rings is 1. The fourth-order valence-corrected chi connectivity index (χ4v) is 3.88. The molecule has 4 rings (SSSR count). The number of aromatic nitrogens is 2. The molecule has 29 heavy (non-hydrogen) atoms. The Bertz CT molecular complexity index is 1240. The molecular weight excluding hydrogens is 371 g/mol. The Hall–Kier alpha value is -3.53. The summed E-state index contributed by atoms with van der Waals surface area (Å²) in [6, 6.07) is 10.8. The SMILES string of the molecule is Cc1c(C2(C(=O)NC(C)c3cccc(C#N)n3)CC2)c(=O)[nH]c2ccc(F)cc12. The van der Waals surface area contributed by atoms with Crippen LogP contribution in [0.2, 0.25) is 0 Å². The largest absolute Gasteiger partial charge is 0.347 e. The quantitative estimate of drug-likeness (QED) is 0.715. The summed E-state index contributed by atoms with van der Waals surface area (Å²) in [6.07, 6.45) is 1.09. The zero-order valence-corrected chi connectivity index (χ0v) is 16.0. The number of H-pyrrole nitrogens is 1. The Morgan fingerprint density at radius 3 is 2.79 bits per heavy atom. The van der Waals surface area contributed by atoms with Crippen LogP contribution in [0.25, 0.3) is 10.9 Å². The average Bonchev–Trinajstić information content (AvgIpc) is 3.50. The maximum atomic E-state index is 13.7. The number of aromatic amines is 1. The van der Waals surface area contributed by atoms with Gasteiger partial charge in [0.2, 0.25) is 5.91 Å². The summed E-state index contributed by atoms with van der Waals surface area (Å²) < 4.78 is 13.7. The van der Waals surface area contributed by atoms with Crippen LogP contribution in [0.4, 0.5) is 4.39 Å². The molecule has 2 aromatic heterocycles. The monoisotopic (exact) mass is 390 g/mol. The number of nitrogens with zero attached hydrogens (tertiary/aromatic N) is 2. The zero-order chi connectivity index (χ0) is 20.8. The predicted octanol–water partition coefficient (Wildman–Crippen LogP) is 3.15. The third-order valence-electron chi connectivity index (χ3n) is 5.58. The zero-order valence-electron chi connectivity index (χ0n) is 16.0. The van der Waals surface area contributed by atoms with Crippen molar-refractivity contribution in [1.29, 1.82) is 5.26 Å². The molecule has 1 aliphatic rings. The van der Waals surface area contributed by atoms with Crippen LogP contribution in [0.3, 0.4) is 0 Å². The highest BCUT2D eigenvalue weighted by Gasteiger charge is 2.54. The highest BCUT2D eigenvalue weighted by molar-refractivity contribution is 5.94. The van der Waals surface area contributed by atoms with E-state index in [1.165, 1.54) is 18.2 Å². The van der Waals surface area contributed by atoms with Gasteiger partial charge in [0.05, 0.1) is 17.2 Å². The molecule has 1 aromatic carbocycles. The number of hydrogen-bond donors (Lipinski definition) is 2. The number of aryl methyl sites for hydroxylation is 1. The molecule has 0 bridgehead atoms. The van der Waals surface area contributed by atoms with E-state index in [-0.39, 0.29) is 17.2 Å². The van der Waals surface area contributed by atoms with Crippen molar-refractivity contribution in [2.45, 2.75) is 38.1 Å². The first kappa shape index (κ1) is 18.8. The van der Waals surface area contributed by atoms with Gasteiger partial charge in [-0.1, -0.05) is 6.07 Å². The Kier molecular flexibility index (Phi) is 4.42. The van der Waals surface area contributed by atoms with Gasteiger partial charge in [-0.15, -0.1) is 0 Å². The van der Waals surface area contributed by atoms with E-state index < -0.39 is 17.3 Å². The molecule has 1 fully saturated rings. The van der Waals surface area contributed by atoms with Gasteiger partial charge in [-0.3, -0.25) is 9.59 Å². The third-order valence-corrected chi connectivity index (χ3v) is 5.58. The molecule has 1 saturated carbocycles. The first-order valence-electron chi connectivity index (χ1n) is 9.36. The summed E-state index contributed by atoms with van der Waals surface area (Å²) in [7, 11) is 0. The lowest BCUT2D eigenvalue weighted by molar-refractivity contribution is -0.124. The fraction of sp³-hybridized carbons (Fsp3) is 0.273. The summed E-state index contributed by atoms with van der Waals surface area (Å²) >= 11 is 0. The second-order valence-corrected chi connectivity index (χ2v) is 7.48. The van der Waals surface area contributed by atoms with Crippen LogP contribution in [0.1, 0.15) is 48.3 Å². The second-order valence-electron chi connectivity index (χ2n) is 7.48. The molecule has 6 nitrogen and oxygen atoms in total. The molecule has 7 heteroatoms. The molecule has 1 aliphatic carbocycles. The maximum Gasteiger partial charge on any atom is 0.252 e. The van der Waals surface area contributed by atoms with Crippen LogP contribution in [-0.4, -0.2) is 15.9 Å². The van der Waals surface area contributed by atoms with Crippen molar-refractivity contribution >= 4 is 16.8 Å². The smallest absolute Gasteiger partial charge is 0.252 e. The lowest BCUT2D eigenvalue weighted by atomic mass is 9.90. The van der Waals surface area contributed by atoms with Crippen molar-refractivity contribution in [2.75, 3.05) is 0 Å². The van der Waals surface area contributed by atoms with E-state index in [1.54, 1.807) is 32.0 Å². The summed E-state index contributed by atoms with van der Waals surface area (Å²) in [5.41, 5.74) is 1.13. The van der Waals surface area contributed by atoms with Gasteiger partial charge >= 0.3 is 0 Å². The highest BCUT2D eigenvalue weighted by Crippen LogP contribution is 2.49. The van der Waals surface area contributed by atoms with Crippen LogP contribution in [0.15, 0.2) is 41.2 Å². The number of carbonyl (C=O) groups excluding carboxylic acids is 1.